The monoisotopic (exact) mass is 180 g/mol. The van der Waals surface area contributed by atoms with Gasteiger partial charge in [0.25, 0.3) is 0 Å². The van der Waals surface area contributed by atoms with E-state index in [1.807, 2.05) is 0 Å². The van der Waals surface area contributed by atoms with Crippen LogP contribution in [-0.4, -0.2) is 25.7 Å². The van der Waals surface area contributed by atoms with Crippen LogP contribution < -0.4 is 10.6 Å². The zero-order valence-electron chi connectivity index (χ0n) is 8.26. The molecular weight excluding hydrogens is 160 g/mol. The zero-order chi connectivity index (χ0) is 8.93. The Morgan fingerprint density at radius 3 is 2.85 bits per heavy atom. The average molecular weight is 180 g/mol. The highest BCUT2D eigenvalue weighted by atomic mass is 14.9. The topological polar surface area (TPSA) is 24.1 Å². The quantitative estimate of drug-likeness (QED) is 0.640. The van der Waals surface area contributed by atoms with Gasteiger partial charge in [-0.25, -0.2) is 0 Å². The molecule has 1 aliphatic heterocycles. The van der Waals surface area contributed by atoms with E-state index in [2.05, 4.69) is 22.8 Å². The molecule has 2 nitrogen and oxygen atoms in total. The molecule has 74 valence electrons. The fraction of sp³-hybridized carbons (Fsp3) is 0.818. The molecule has 0 amide bonds. The number of piperidine rings is 1. The molecule has 2 aliphatic rings. The lowest BCUT2D eigenvalue weighted by Gasteiger charge is -2.24. The van der Waals surface area contributed by atoms with Crippen molar-refractivity contribution in [3.8, 4) is 0 Å². The molecule has 1 heterocycles. The van der Waals surface area contributed by atoms with Crippen molar-refractivity contribution in [2.24, 2.45) is 5.92 Å². The van der Waals surface area contributed by atoms with Crippen molar-refractivity contribution in [3.63, 3.8) is 0 Å². The first-order chi connectivity index (χ1) is 6.45. The molecule has 1 unspecified atom stereocenters. The maximum absolute atomic E-state index is 3.65. The Morgan fingerprint density at radius 1 is 1.31 bits per heavy atom. The van der Waals surface area contributed by atoms with Crippen LogP contribution in [0.15, 0.2) is 12.2 Å². The highest BCUT2D eigenvalue weighted by Crippen LogP contribution is 2.12. The van der Waals surface area contributed by atoms with Crippen molar-refractivity contribution < 1.29 is 0 Å². The smallest absolute Gasteiger partial charge is 0.0136 e. The Hall–Kier alpha value is -0.340. The normalized spacial score (nSPS) is 29.7. The van der Waals surface area contributed by atoms with E-state index >= 15 is 0 Å². The predicted octanol–water partition coefficient (Wildman–Crippen LogP) is 1.29. The molecule has 1 atom stereocenters. The molecule has 2 rings (SSSR count). The van der Waals surface area contributed by atoms with E-state index in [9.17, 15) is 0 Å². The summed E-state index contributed by atoms with van der Waals surface area (Å²) in [6, 6.07) is 0.738. The lowest BCUT2D eigenvalue weighted by molar-refractivity contribution is 0.345. The van der Waals surface area contributed by atoms with Crippen LogP contribution in [-0.2, 0) is 0 Å². The minimum absolute atomic E-state index is 0.738. The molecular formula is C11H20N2. The lowest BCUT2D eigenvalue weighted by Crippen LogP contribution is -2.39. The first-order valence-electron chi connectivity index (χ1n) is 5.54. The minimum atomic E-state index is 0.738. The summed E-state index contributed by atoms with van der Waals surface area (Å²) in [5, 5.41) is 7.10. The number of hydrogen-bond acceptors (Lipinski definition) is 2. The SMILES string of the molecule is C1=CCC(NCC2CCCNC2)C1. The van der Waals surface area contributed by atoms with Crippen molar-refractivity contribution in [1.29, 1.82) is 0 Å². The van der Waals surface area contributed by atoms with Crippen LogP contribution in [0.25, 0.3) is 0 Å². The number of hydrogen-bond donors (Lipinski definition) is 2. The van der Waals surface area contributed by atoms with Crippen LogP contribution >= 0.6 is 0 Å². The van der Waals surface area contributed by atoms with Gasteiger partial charge in [0.05, 0.1) is 0 Å². The molecule has 0 aromatic rings. The molecule has 1 aliphatic carbocycles. The van der Waals surface area contributed by atoms with Gasteiger partial charge < -0.3 is 10.6 Å². The Balaban J connectivity index is 1.61. The van der Waals surface area contributed by atoms with Gasteiger partial charge in [-0.15, -0.1) is 0 Å². The van der Waals surface area contributed by atoms with Crippen LogP contribution in [0, 0.1) is 5.92 Å². The Morgan fingerprint density at radius 2 is 2.15 bits per heavy atom. The summed E-state index contributed by atoms with van der Waals surface area (Å²) in [6.07, 6.45) is 9.81. The molecule has 13 heavy (non-hydrogen) atoms. The Bertz CT molecular complexity index is 163. The largest absolute Gasteiger partial charge is 0.316 e. The van der Waals surface area contributed by atoms with Crippen LogP contribution in [0.5, 0.6) is 0 Å². The van der Waals surface area contributed by atoms with E-state index in [0.717, 1.165) is 12.0 Å². The summed E-state index contributed by atoms with van der Waals surface area (Å²) in [7, 11) is 0. The second-order valence-electron chi connectivity index (χ2n) is 4.26. The van der Waals surface area contributed by atoms with E-state index in [1.165, 1.54) is 45.3 Å². The summed E-state index contributed by atoms with van der Waals surface area (Å²) in [4.78, 5) is 0. The standard InChI is InChI=1S/C11H20N2/c1-2-6-11(5-1)13-9-10-4-3-7-12-8-10/h1-2,10-13H,3-9H2. The van der Waals surface area contributed by atoms with E-state index in [0.29, 0.717) is 0 Å². The van der Waals surface area contributed by atoms with Gasteiger partial charge in [0, 0.05) is 6.04 Å². The molecule has 1 fully saturated rings. The summed E-state index contributed by atoms with van der Waals surface area (Å²) in [5.41, 5.74) is 0. The van der Waals surface area contributed by atoms with Crippen molar-refractivity contribution in [1.82, 2.24) is 10.6 Å². The lowest BCUT2D eigenvalue weighted by atomic mass is 9.99. The van der Waals surface area contributed by atoms with Crippen molar-refractivity contribution in [3.05, 3.63) is 12.2 Å². The summed E-state index contributed by atoms with van der Waals surface area (Å²) in [5.74, 6) is 0.870. The summed E-state index contributed by atoms with van der Waals surface area (Å²) >= 11 is 0. The van der Waals surface area contributed by atoms with Gasteiger partial charge in [-0.1, -0.05) is 12.2 Å². The van der Waals surface area contributed by atoms with Crippen molar-refractivity contribution in [2.45, 2.75) is 31.7 Å². The fourth-order valence-electron chi connectivity index (χ4n) is 2.22. The van der Waals surface area contributed by atoms with Gasteiger partial charge in [-0.05, 0) is 51.2 Å². The second-order valence-corrected chi connectivity index (χ2v) is 4.26. The van der Waals surface area contributed by atoms with E-state index in [-0.39, 0.29) is 0 Å². The molecule has 0 bridgehead atoms. The Labute approximate surface area is 80.8 Å². The van der Waals surface area contributed by atoms with Crippen molar-refractivity contribution in [2.75, 3.05) is 19.6 Å². The highest BCUT2D eigenvalue weighted by molar-refractivity contribution is 4.97. The maximum atomic E-state index is 3.65. The fourth-order valence-corrected chi connectivity index (χ4v) is 2.22. The van der Waals surface area contributed by atoms with Gasteiger partial charge in [0.2, 0.25) is 0 Å². The van der Waals surface area contributed by atoms with Crippen LogP contribution in [0.2, 0.25) is 0 Å². The third kappa shape index (κ3) is 2.82. The molecule has 0 radical (unpaired) electrons. The molecule has 1 saturated heterocycles. The molecule has 0 aromatic heterocycles. The van der Waals surface area contributed by atoms with Crippen LogP contribution in [0.4, 0.5) is 0 Å². The maximum Gasteiger partial charge on any atom is 0.0136 e. The third-order valence-electron chi connectivity index (χ3n) is 3.10. The summed E-state index contributed by atoms with van der Waals surface area (Å²) in [6.45, 7) is 3.65. The van der Waals surface area contributed by atoms with Crippen molar-refractivity contribution >= 4 is 0 Å². The number of rotatable bonds is 3. The third-order valence-corrected chi connectivity index (χ3v) is 3.10. The first kappa shape index (κ1) is 9.22. The molecule has 0 aromatic carbocycles. The minimum Gasteiger partial charge on any atom is -0.316 e. The van der Waals surface area contributed by atoms with Gasteiger partial charge >= 0.3 is 0 Å². The average Bonchev–Trinajstić information content (AvgIpc) is 2.69. The predicted molar refractivity (Wildman–Crippen MR) is 55.8 cm³/mol. The summed E-state index contributed by atoms with van der Waals surface area (Å²) < 4.78 is 0. The number of nitrogens with one attached hydrogen (secondary N) is 2. The Kier molecular flexibility index (Phi) is 3.39. The molecule has 2 heteroatoms. The van der Waals surface area contributed by atoms with Gasteiger partial charge in [-0.2, -0.15) is 0 Å². The van der Waals surface area contributed by atoms with E-state index in [1.54, 1.807) is 0 Å². The zero-order valence-corrected chi connectivity index (χ0v) is 8.26. The van der Waals surface area contributed by atoms with Gasteiger partial charge in [0.1, 0.15) is 0 Å². The van der Waals surface area contributed by atoms with Gasteiger partial charge in [-0.3, -0.25) is 0 Å². The van der Waals surface area contributed by atoms with E-state index in [4.69, 9.17) is 0 Å². The van der Waals surface area contributed by atoms with Crippen LogP contribution in [0.3, 0.4) is 0 Å². The van der Waals surface area contributed by atoms with E-state index < -0.39 is 0 Å². The first-order valence-corrected chi connectivity index (χ1v) is 5.54. The molecule has 0 saturated carbocycles. The molecule has 2 N–H and O–H groups in total. The van der Waals surface area contributed by atoms with Gasteiger partial charge in [0.15, 0.2) is 0 Å². The van der Waals surface area contributed by atoms with Crippen LogP contribution in [0.1, 0.15) is 25.7 Å². The molecule has 0 spiro atoms. The second kappa shape index (κ2) is 4.77. The highest BCUT2D eigenvalue weighted by Gasteiger charge is 2.15.